The smallest absolute Gasteiger partial charge is 0.311 e. The van der Waals surface area contributed by atoms with Crippen molar-refractivity contribution in [2.24, 2.45) is 34.7 Å². The van der Waals surface area contributed by atoms with E-state index < -0.39 is 83.4 Å². The number of esters is 2. The van der Waals surface area contributed by atoms with Crippen molar-refractivity contribution in [1.29, 1.82) is 0 Å². The molecule has 15 nitrogen and oxygen atoms in total. The molecule has 4 aliphatic heterocycles. The van der Waals surface area contributed by atoms with E-state index in [1.807, 2.05) is 78.7 Å². The third-order valence-electron chi connectivity index (χ3n) is 13.0. The Morgan fingerprint density at radius 2 is 1.76 bits per heavy atom. The van der Waals surface area contributed by atoms with Crippen LogP contribution in [0.2, 0.25) is 0 Å². The molecule has 0 amide bonds. The van der Waals surface area contributed by atoms with Gasteiger partial charge in [0.15, 0.2) is 11.9 Å². The summed E-state index contributed by atoms with van der Waals surface area (Å²) in [6, 6.07) is 5.34. The lowest BCUT2D eigenvalue weighted by Crippen LogP contribution is -2.60. The van der Waals surface area contributed by atoms with E-state index in [2.05, 4.69) is 15.1 Å². The number of hydrogen-bond acceptors (Lipinski definition) is 15. The molecule has 1 N–H and O–H groups in total. The molecule has 0 aliphatic carbocycles. The minimum absolute atomic E-state index is 0.0236. The number of carbonyl (C=O) groups is 3. The van der Waals surface area contributed by atoms with Gasteiger partial charge in [0.05, 0.1) is 49.5 Å². The molecule has 4 saturated heterocycles. The molecule has 320 valence electrons. The average Bonchev–Trinajstić information content (AvgIpc) is 3.52. The molecule has 0 unspecified atom stereocenters. The van der Waals surface area contributed by atoms with E-state index in [-0.39, 0.29) is 50.6 Å². The van der Waals surface area contributed by atoms with E-state index in [1.165, 1.54) is 0 Å². The van der Waals surface area contributed by atoms with E-state index >= 15 is 0 Å². The molecule has 15 heteroatoms. The van der Waals surface area contributed by atoms with Gasteiger partial charge in [0.1, 0.15) is 35.9 Å². The van der Waals surface area contributed by atoms with Gasteiger partial charge in [-0.2, -0.15) is 0 Å². The summed E-state index contributed by atoms with van der Waals surface area (Å²) in [6.07, 6.45) is -0.358. The van der Waals surface area contributed by atoms with Gasteiger partial charge in [0, 0.05) is 53.1 Å². The van der Waals surface area contributed by atoms with E-state index in [0.717, 1.165) is 10.9 Å². The van der Waals surface area contributed by atoms with E-state index in [9.17, 15) is 19.5 Å². The standard InChI is InChI=1S/C43H62N4O11/c1-11-33-43(8)31(18-34(48)58-43)25(4)35(49)23(2)19-42(7)38(57-41-36(50)32(47(9)10)17-24(3)55-41)26(5)37(27(6)40(51)56-33)52-21-29(22-53-42)46-54-20-28-14-16-45-39-30(28)13-12-15-44-39/h12-16,23-27,31-33,36-38,41,50H,11,17-22H2,1-10H3/b46-29-/t23-,24-,25-,26+,27-,31+,32+,33-,36-,37+,38-,41+,42-,43+/m1/s1. The summed E-state index contributed by atoms with van der Waals surface area (Å²) >= 11 is 0. The Bertz CT molecular complexity index is 1820. The minimum atomic E-state index is -1.24. The Labute approximate surface area is 341 Å². The first-order valence-electron chi connectivity index (χ1n) is 20.7. The second kappa shape index (κ2) is 17.9. The van der Waals surface area contributed by atoms with Gasteiger partial charge in [0.25, 0.3) is 0 Å². The summed E-state index contributed by atoms with van der Waals surface area (Å²) in [6.45, 7) is 14.8. The first kappa shape index (κ1) is 44.0. The largest absolute Gasteiger partial charge is 0.458 e. The number of likely N-dealkylation sites (N-methyl/N-ethyl adjacent to an activating group) is 1. The number of Topliss-reactive ketones (excluding diaryl/α,β-unsaturated/α-hetero) is 1. The Hall–Kier alpha value is -3.60. The number of oxime groups is 1. The number of aromatic nitrogens is 2. The van der Waals surface area contributed by atoms with E-state index in [1.54, 1.807) is 26.2 Å². The van der Waals surface area contributed by atoms with Gasteiger partial charge in [-0.1, -0.05) is 32.9 Å². The number of aliphatic hydroxyl groups excluding tert-OH is 1. The molecule has 2 bridgehead atoms. The Morgan fingerprint density at radius 3 is 2.48 bits per heavy atom. The predicted molar refractivity (Wildman–Crippen MR) is 212 cm³/mol. The molecule has 0 aromatic carbocycles. The molecule has 6 heterocycles. The van der Waals surface area contributed by atoms with Gasteiger partial charge in [-0.25, -0.2) is 9.97 Å². The Kier molecular flexibility index (Phi) is 13.6. The second-order valence-electron chi connectivity index (χ2n) is 17.5. The minimum Gasteiger partial charge on any atom is -0.458 e. The third-order valence-corrected chi connectivity index (χ3v) is 13.0. The number of aliphatic hydroxyl groups is 1. The lowest BCUT2D eigenvalue weighted by molar-refractivity contribution is -0.302. The molecule has 2 aromatic rings. The number of ether oxygens (including phenoxy) is 6. The summed E-state index contributed by atoms with van der Waals surface area (Å²) in [5.74, 6) is -4.27. The quantitative estimate of drug-likeness (QED) is 0.302. The summed E-state index contributed by atoms with van der Waals surface area (Å²) in [5, 5.41) is 17.0. The molecule has 0 saturated carbocycles. The summed E-state index contributed by atoms with van der Waals surface area (Å²) < 4.78 is 39.0. The topological polar surface area (TPSA) is 177 Å². The third kappa shape index (κ3) is 8.95. The fourth-order valence-corrected chi connectivity index (χ4v) is 9.76. The number of nitrogens with zero attached hydrogens (tertiary/aromatic N) is 4. The van der Waals surface area contributed by atoms with E-state index in [0.29, 0.717) is 24.2 Å². The van der Waals surface area contributed by atoms with Crippen molar-refractivity contribution in [3.8, 4) is 0 Å². The highest BCUT2D eigenvalue weighted by atomic mass is 16.7. The van der Waals surface area contributed by atoms with Gasteiger partial charge < -0.3 is 43.3 Å². The van der Waals surface area contributed by atoms with Gasteiger partial charge in [-0.3, -0.25) is 14.4 Å². The van der Waals surface area contributed by atoms with Crippen LogP contribution in [0.15, 0.2) is 35.7 Å². The van der Waals surface area contributed by atoms with Crippen molar-refractivity contribution in [2.75, 3.05) is 27.3 Å². The molecule has 4 fully saturated rings. The number of ketones is 1. The lowest BCUT2D eigenvalue weighted by atomic mass is 9.70. The van der Waals surface area contributed by atoms with Crippen LogP contribution in [-0.2, 0) is 54.2 Å². The van der Waals surface area contributed by atoms with Crippen molar-refractivity contribution in [3.05, 3.63) is 36.2 Å². The maximum atomic E-state index is 14.6. The van der Waals surface area contributed by atoms with Crippen LogP contribution in [0.1, 0.15) is 86.6 Å². The lowest BCUT2D eigenvalue weighted by Gasteiger charge is -2.48. The van der Waals surface area contributed by atoms with Crippen LogP contribution in [0.25, 0.3) is 11.0 Å². The zero-order valence-corrected chi connectivity index (χ0v) is 35.6. The van der Waals surface area contributed by atoms with Crippen LogP contribution in [0, 0.1) is 29.6 Å². The molecule has 2 aromatic heterocycles. The fraction of sp³-hybridized carbons (Fsp3) is 0.721. The van der Waals surface area contributed by atoms with Gasteiger partial charge in [-0.05, 0) is 79.3 Å². The number of cyclic esters (lactones) is 1. The number of rotatable bonds is 7. The number of fused-ring (bicyclic) bond motifs is 5. The van der Waals surface area contributed by atoms with Crippen molar-refractivity contribution in [1.82, 2.24) is 14.9 Å². The first-order valence-corrected chi connectivity index (χ1v) is 20.7. The highest BCUT2D eigenvalue weighted by Crippen LogP contribution is 2.46. The molecule has 4 aliphatic rings. The Balaban J connectivity index is 1.41. The van der Waals surface area contributed by atoms with Crippen LogP contribution >= 0.6 is 0 Å². The van der Waals surface area contributed by atoms with Crippen LogP contribution < -0.4 is 0 Å². The maximum absolute atomic E-state index is 14.6. The zero-order valence-electron chi connectivity index (χ0n) is 35.6. The van der Waals surface area contributed by atoms with Gasteiger partial charge in [-0.15, -0.1) is 0 Å². The summed E-state index contributed by atoms with van der Waals surface area (Å²) in [5.41, 5.74) is -0.620. The SMILES string of the molecule is CC[C@H]1OC(=O)[C@H](C)[C@H]2OC/C(=N/OCc3ccnc4ncccc34)CO[C@](C)(C[C@@H](C)C(=O)[C@H](C)[C@@H]3CC(=O)O[C@]13C)[C@H](O[C@@H]1O[C@H](C)C[C@H](N(C)C)[C@H]1O)[C@H]2C. The highest BCUT2D eigenvalue weighted by molar-refractivity contribution is 5.87. The van der Waals surface area contributed by atoms with Crippen LogP contribution in [0.5, 0.6) is 0 Å². The highest BCUT2D eigenvalue weighted by Gasteiger charge is 2.57. The zero-order chi connectivity index (χ0) is 42.1. The van der Waals surface area contributed by atoms with Gasteiger partial charge in [0.2, 0.25) is 0 Å². The van der Waals surface area contributed by atoms with Crippen LogP contribution in [0.3, 0.4) is 0 Å². The summed E-state index contributed by atoms with van der Waals surface area (Å²) in [4.78, 5) is 58.4. The number of carbonyl (C=O) groups excluding carboxylic acids is 3. The van der Waals surface area contributed by atoms with Crippen LogP contribution in [-0.4, -0.2) is 125 Å². The average molecular weight is 811 g/mol. The monoisotopic (exact) mass is 810 g/mol. The van der Waals surface area contributed by atoms with Crippen molar-refractivity contribution >= 4 is 34.5 Å². The number of hydrogen-bond donors (Lipinski definition) is 1. The van der Waals surface area contributed by atoms with Gasteiger partial charge >= 0.3 is 11.9 Å². The van der Waals surface area contributed by atoms with Crippen molar-refractivity contribution < 1.29 is 52.7 Å². The molecule has 0 radical (unpaired) electrons. The molecular formula is C43H62N4O11. The summed E-state index contributed by atoms with van der Waals surface area (Å²) in [7, 11) is 3.81. The predicted octanol–water partition coefficient (Wildman–Crippen LogP) is 4.65. The number of pyridine rings is 2. The van der Waals surface area contributed by atoms with Crippen LogP contribution in [0.4, 0.5) is 0 Å². The second-order valence-corrected chi connectivity index (χ2v) is 17.5. The molecular weight excluding hydrogens is 748 g/mol. The fourth-order valence-electron chi connectivity index (χ4n) is 9.76. The normalized spacial score (nSPS) is 40.0. The molecule has 58 heavy (non-hydrogen) atoms. The molecule has 6 rings (SSSR count). The molecule has 14 atom stereocenters. The van der Waals surface area contributed by atoms with Crippen molar-refractivity contribution in [3.63, 3.8) is 0 Å². The maximum Gasteiger partial charge on any atom is 0.311 e. The van der Waals surface area contributed by atoms with E-state index in [4.69, 9.17) is 33.3 Å². The molecule has 0 spiro atoms. The Morgan fingerprint density at radius 1 is 1.02 bits per heavy atom. The van der Waals surface area contributed by atoms with Crippen molar-refractivity contribution in [2.45, 2.75) is 142 Å². The first-order chi connectivity index (χ1) is 27.5.